The maximum absolute atomic E-state index is 10.6. The average Bonchev–Trinajstić information content (AvgIpc) is 2.89. The summed E-state index contributed by atoms with van der Waals surface area (Å²) in [6.45, 7) is 0.311. The Morgan fingerprint density at radius 1 is 1.37 bits per heavy atom. The topological polar surface area (TPSA) is 55.5 Å². The molecule has 0 radical (unpaired) electrons. The molecule has 0 saturated heterocycles. The van der Waals surface area contributed by atoms with Crippen LogP contribution in [0.4, 0.5) is 0 Å². The lowest BCUT2D eigenvalue weighted by atomic mass is 9.92. The van der Waals surface area contributed by atoms with Crippen LogP contribution >= 0.6 is 22.9 Å². The van der Waals surface area contributed by atoms with E-state index >= 15 is 0 Å². The first-order chi connectivity index (χ1) is 9.19. The van der Waals surface area contributed by atoms with Gasteiger partial charge in [0.05, 0.1) is 18.1 Å². The van der Waals surface area contributed by atoms with Gasteiger partial charge in [-0.05, 0) is 23.1 Å². The number of benzene rings is 1. The molecule has 2 unspecified atom stereocenters. The highest BCUT2D eigenvalue weighted by molar-refractivity contribution is 7.10. The SMILES string of the molecule is COc1ccsc1C(O)C(CN)c1ccccc1Cl. The first kappa shape index (κ1) is 14.3. The van der Waals surface area contributed by atoms with Crippen LogP contribution < -0.4 is 10.5 Å². The quantitative estimate of drug-likeness (QED) is 0.891. The fourth-order valence-corrected chi connectivity index (χ4v) is 3.26. The van der Waals surface area contributed by atoms with Gasteiger partial charge in [0.1, 0.15) is 5.75 Å². The standard InChI is InChI=1S/C14H16ClNO2S/c1-18-12-6-7-19-14(12)13(17)10(8-16)9-4-2-3-5-11(9)15/h2-7,10,13,17H,8,16H2,1H3. The number of hydrogen-bond donors (Lipinski definition) is 2. The van der Waals surface area contributed by atoms with Crippen LogP contribution in [-0.2, 0) is 0 Å². The molecule has 0 aliphatic heterocycles. The third-order valence-electron chi connectivity index (χ3n) is 3.09. The zero-order chi connectivity index (χ0) is 13.8. The molecule has 0 aliphatic rings. The van der Waals surface area contributed by atoms with Crippen LogP contribution in [0.1, 0.15) is 22.5 Å². The summed E-state index contributed by atoms with van der Waals surface area (Å²) < 4.78 is 5.24. The van der Waals surface area contributed by atoms with Crippen molar-refractivity contribution in [2.45, 2.75) is 12.0 Å². The summed E-state index contributed by atoms with van der Waals surface area (Å²) >= 11 is 7.64. The van der Waals surface area contributed by atoms with Gasteiger partial charge in [0.15, 0.2) is 0 Å². The highest BCUT2D eigenvalue weighted by Crippen LogP contribution is 2.40. The molecule has 0 aliphatic carbocycles. The van der Waals surface area contributed by atoms with Crippen LogP contribution in [0.3, 0.4) is 0 Å². The van der Waals surface area contributed by atoms with E-state index in [1.165, 1.54) is 11.3 Å². The molecule has 0 saturated carbocycles. The Morgan fingerprint density at radius 3 is 2.74 bits per heavy atom. The minimum atomic E-state index is -0.722. The Morgan fingerprint density at radius 2 is 2.11 bits per heavy atom. The number of halogens is 1. The molecule has 1 aromatic carbocycles. The predicted molar refractivity (Wildman–Crippen MR) is 79.1 cm³/mol. The van der Waals surface area contributed by atoms with Crippen molar-refractivity contribution in [2.24, 2.45) is 5.73 Å². The lowest BCUT2D eigenvalue weighted by molar-refractivity contribution is 0.148. The van der Waals surface area contributed by atoms with Crippen molar-refractivity contribution in [1.82, 2.24) is 0 Å². The largest absolute Gasteiger partial charge is 0.495 e. The van der Waals surface area contributed by atoms with E-state index in [0.717, 1.165) is 10.4 Å². The number of thiophene rings is 1. The summed E-state index contributed by atoms with van der Waals surface area (Å²) in [5.41, 5.74) is 6.67. The first-order valence-corrected chi connectivity index (χ1v) is 7.18. The molecule has 2 aromatic rings. The van der Waals surface area contributed by atoms with E-state index in [4.69, 9.17) is 22.1 Å². The van der Waals surface area contributed by atoms with Crippen molar-refractivity contribution in [3.8, 4) is 5.75 Å². The summed E-state index contributed by atoms with van der Waals surface area (Å²) in [4.78, 5) is 0.776. The molecule has 102 valence electrons. The van der Waals surface area contributed by atoms with E-state index in [-0.39, 0.29) is 5.92 Å². The van der Waals surface area contributed by atoms with Crippen molar-refractivity contribution in [1.29, 1.82) is 0 Å². The van der Waals surface area contributed by atoms with E-state index in [0.29, 0.717) is 17.3 Å². The van der Waals surface area contributed by atoms with E-state index in [9.17, 15) is 5.11 Å². The number of aliphatic hydroxyl groups is 1. The molecule has 3 N–H and O–H groups in total. The van der Waals surface area contributed by atoms with Gasteiger partial charge in [0.2, 0.25) is 0 Å². The molecular weight excluding hydrogens is 282 g/mol. The number of aliphatic hydroxyl groups excluding tert-OH is 1. The molecular formula is C14H16ClNO2S. The predicted octanol–water partition coefficient (Wildman–Crippen LogP) is 3.19. The highest BCUT2D eigenvalue weighted by atomic mass is 35.5. The van der Waals surface area contributed by atoms with E-state index in [1.807, 2.05) is 29.6 Å². The third kappa shape index (κ3) is 2.92. The van der Waals surface area contributed by atoms with Gasteiger partial charge in [-0.1, -0.05) is 29.8 Å². The Balaban J connectivity index is 2.35. The van der Waals surface area contributed by atoms with E-state index in [2.05, 4.69) is 0 Å². The Labute approximate surface area is 121 Å². The molecule has 3 nitrogen and oxygen atoms in total. The fourth-order valence-electron chi connectivity index (χ4n) is 2.08. The molecule has 19 heavy (non-hydrogen) atoms. The molecule has 0 spiro atoms. The zero-order valence-corrected chi connectivity index (χ0v) is 12.1. The monoisotopic (exact) mass is 297 g/mol. The van der Waals surface area contributed by atoms with Crippen LogP contribution in [0.5, 0.6) is 5.75 Å². The smallest absolute Gasteiger partial charge is 0.135 e. The summed E-state index contributed by atoms with van der Waals surface area (Å²) in [5.74, 6) is 0.434. The maximum Gasteiger partial charge on any atom is 0.135 e. The van der Waals surface area contributed by atoms with E-state index in [1.54, 1.807) is 13.2 Å². The molecule has 2 rings (SSSR count). The second-order valence-corrected chi connectivity index (χ2v) is 5.52. The van der Waals surface area contributed by atoms with Crippen LogP contribution in [-0.4, -0.2) is 18.8 Å². The van der Waals surface area contributed by atoms with Gasteiger partial charge in [-0.2, -0.15) is 0 Å². The van der Waals surface area contributed by atoms with Crippen LogP contribution in [0.25, 0.3) is 0 Å². The normalized spacial score (nSPS) is 14.1. The van der Waals surface area contributed by atoms with Gasteiger partial charge in [0, 0.05) is 17.5 Å². The second kappa shape index (κ2) is 6.39. The minimum absolute atomic E-state index is 0.249. The van der Waals surface area contributed by atoms with Gasteiger partial charge in [-0.25, -0.2) is 0 Å². The number of rotatable bonds is 5. The van der Waals surface area contributed by atoms with Crippen LogP contribution in [0.15, 0.2) is 35.7 Å². The summed E-state index contributed by atoms with van der Waals surface area (Å²) in [5, 5.41) is 13.1. The minimum Gasteiger partial charge on any atom is -0.495 e. The van der Waals surface area contributed by atoms with Gasteiger partial charge in [-0.3, -0.25) is 0 Å². The summed E-state index contributed by atoms with van der Waals surface area (Å²) in [7, 11) is 1.59. The Hall–Kier alpha value is -1.07. The van der Waals surface area contributed by atoms with Gasteiger partial charge in [0.25, 0.3) is 0 Å². The zero-order valence-electron chi connectivity index (χ0n) is 10.5. The number of ether oxygens (including phenoxy) is 1. The van der Waals surface area contributed by atoms with Crippen molar-refractivity contribution in [3.05, 3.63) is 51.2 Å². The third-order valence-corrected chi connectivity index (χ3v) is 4.40. The van der Waals surface area contributed by atoms with Gasteiger partial charge < -0.3 is 15.6 Å². The average molecular weight is 298 g/mol. The highest BCUT2D eigenvalue weighted by Gasteiger charge is 2.26. The van der Waals surface area contributed by atoms with Crippen LogP contribution in [0.2, 0.25) is 5.02 Å². The van der Waals surface area contributed by atoms with Crippen molar-refractivity contribution in [2.75, 3.05) is 13.7 Å². The lowest BCUT2D eigenvalue weighted by Gasteiger charge is -2.22. The maximum atomic E-state index is 10.6. The second-order valence-electron chi connectivity index (χ2n) is 4.16. The number of nitrogens with two attached hydrogens (primary N) is 1. The lowest BCUT2D eigenvalue weighted by Crippen LogP contribution is -2.20. The molecule has 5 heteroatoms. The van der Waals surface area contributed by atoms with E-state index < -0.39 is 6.10 Å². The molecule has 0 fully saturated rings. The Bertz CT molecular complexity index is 544. The molecule has 2 atom stereocenters. The van der Waals surface area contributed by atoms with Crippen LogP contribution in [0, 0.1) is 0 Å². The Kier molecular flexibility index (Phi) is 4.82. The molecule has 0 amide bonds. The van der Waals surface area contributed by atoms with Crippen molar-refractivity contribution >= 4 is 22.9 Å². The first-order valence-electron chi connectivity index (χ1n) is 5.93. The molecule has 1 heterocycles. The van der Waals surface area contributed by atoms with Crippen molar-refractivity contribution < 1.29 is 9.84 Å². The number of methoxy groups -OCH3 is 1. The summed E-state index contributed by atoms with van der Waals surface area (Å²) in [6.07, 6.45) is -0.722. The van der Waals surface area contributed by atoms with Crippen molar-refractivity contribution in [3.63, 3.8) is 0 Å². The fraction of sp³-hybridized carbons (Fsp3) is 0.286. The van der Waals surface area contributed by atoms with Gasteiger partial charge in [-0.15, -0.1) is 11.3 Å². The molecule has 0 bridgehead atoms. The van der Waals surface area contributed by atoms with Gasteiger partial charge >= 0.3 is 0 Å². The number of hydrogen-bond acceptors (Lipinski definition) is 4. The molecule has 1 aromatic heterocycles. The summed E-state index contributed by atoms with van der Waals surface area (Å²) in [6, 6.07) is 9.28.